The van der Waals surface area contributed by atoms with Crippen molar-refractivity contribution < 1.29 is 14.4 Å². The fourth-order valence-electron chi connectivity index (χ4n) is 4.46. The van der Waals surface area contributed by atoms with E-state index in [9.17, 15) is 9.90 Å². The fourth-order valence-corrected chi connectivity index (χ4v) is 4.46. The number of aliphatic hydroxyl groups excluding tert-OH is 1. The van der Waals surface area contributed by atoms with Crippen LogP contribution in [-0.4, -0.2) is 54.2 Å². The van der Waals surface area contributed by atoms with Gasteiger partial charge in [0.05, 0.1) is 40.7 Å². The average molecular weight is 487 g/mol. The van der Waals surface area contributed by atoms with Crippen LogP contribution in [0.15, 0.2) is 59.6 Å². The zero-order valence-corrected chi connectivity index (χ0v) is 20.1. The SMILES string of the molecule is CCN1C(=O)c2cnc(Nc3cc(N[C@H](CO)c4ccccc4)c(-c4ncno4)cn3)nc2C1(C)C. The van der Waals surface area contributed by atoms with Gasteiger partial charge in [-0.2, -0.15) is 4.98 Å². The normalized spacial score (nSPS) is 15.0. The Morgan fingerprint density at radius 3 is 2.58 bits per heavy atom. The van der Waals surface area contributed by atoms with Gasteiger partial charge in [0.25, 0.3) is 11.8 Å². The van der Waals surface area contributed by atoms with E-state index >= 15 is 0 Å². The van der Waals surface area contributed by atoms with Crippen molar-refractivity contribution in [1.82, 2.24) is 30.0 Å². The van der Waals surface area contributed by atoms with E-state index in [0.29, 0.717) is 40.8 Å². The Bertz CT molecular complexity index is 1380. The molecule has 1 amide bonds. The van der Waals surface area contributed by atoms with Gasteiger partial charge in [0.2, 0.25) is 5.95 Å². The second-order valence-corrected chi connectivity index (χ2v) is 8.84. The molecule has 0 saturated heterocycles. The molecular weight excluding hydrogens is 460 g/mol. The predicted octanol–water partition coefficient (Wildman–Crippen LogP) is 3.52. The number of pyridine rings is 1. The highest BCUT2D eigenvalue weighted by Gasteiger charge is 2.44. The molecule has 3 N–H and O–H groups in total. The molecule has 11 nitrogen and oxygen atoms in total. The van der Waals surface area contributed by atoms with Crippen molar-refractivity contribution in [2.45, 2.75) is 32.4 Å². The molecule has 3 aromatic heterocycles. The van der Waals surface area contributed by atoms with Crippen molar-refractivity contribution in [1.29, 1.82) is 0 Å². The van der Waals surface area contributed by atoms with Crippen molar-refractivity contribution in [3.8, 4) is 11.5 Å². The summed E-state index contributed by atoms with van der Waals surface area (Å²) in [7, 11) is 0. The lowest BCUT2D eigenvalue weighted by atomic mass is 10.0. The smallest absolute Gasteiger partial charge is 0.261 e. The summed E-state index contributed by atoms with van der Waals surface area (Å²) in [6.07, 6.45) is 4.46. The summed E-state index contributed by atoms with van der Waals surface area (Å²) < 4.78 is 5.26. The summed E-state index contributed by atoms with van der Waals surface area (Å²) >= 11 is 0. The summed E-state index contributed by atoms with van der Waals surface area (Å²) in [4.78, 5) is 32.1. The number of nitrogens with zero attached hydrogens (tertiary/aromatic N) is 6. The first-order chi connectivity index (χ1) is 17.4. The van der Waals surface area contributed by atoms with E-state index in [4.69, 9.17) is 4.52 Å². The maximum absolute atomic E-state index is 12.7. The number of fused-ring (bicyclic) bond motifs is 1. The van der Waals surface area contributed by atoms with Crippen LogP contribution in [-0.2, 0) is 5.54 Å². The molecule has 0 fully saturated rings. The van der Waals surface area contributed by atoms with Gasteiger partial charge in [0, 0.05) is 25.0 Å². The lowest BCUT2D eigenvalue weighted by Crippen LogP contribution is -2.39. The third-order valence-electron chi connectivity index (χ3n) is 6.28. The molecule has 1 aliphatic rings. The molecule has 0 spiro atoms. The molecule has 1 aromatic carbocycles. The number of amides is 1. The zero-order chi connectivity index (χ0) is 25.3. The Hall–Kier alpha value is -4.38. The van der Waals surface area contributed by atoms with Gasteiger partial charge < -0.3 is 25.2 Å². The maximum atomic E-state index is 12.7. The van der Waals surface area contributed by atoms with Crippen LogP contribution in [0.1, 0.15) is 48.4 Å². The second-order valence-electron chi connectivity index (χ2n) is 8.84. The summed E-state index contributed by atoms with van der Waals surface area (Å²) in [5.74, 6) is 0.988. The molecule has 0 radical (unpaired) electrons. The van der Waals surface area contributed by atoms with E-state index in [0.717, 1.165) is 5.56 Å². The van der Waals surface area contributed by atoms with Gasteiger partial charge >= 0.3 is 0 Å². The number of rotatable bonds is 8. The topological polar surface area (TPSA) is 142 Å². The molecule has 36 heavy (non-hydrogen) atoms. The van der Waals surface area contributed by atoms with Crippen molar-refractivity contribution >= 4 is 23.4 Å². The van der Waals surface area contributed by atoms with Gasteiger partial charge in [-0.25, -0.2) is 15.0 Å². The molecule has 0 saturated carbocycles. The number of benzene rings is 1. The van der Waals surface area contributed by atoms with Crippen molar-refractivity contribution in [2.75, 3.05) is 23.8 Å². The minimum atomic E-state index is -0.549. The quantitative estimate of drug-likeness (QED) is 0.338. The van der Waals surface area contributed by atoms with Crippen LogP contribution in [0.4, 0.5) is 17.5 Å². The summed E-state index contributed by atoms with van der Waals surface area (Å²) in [6, 6.07) is 11.0. The Labute approximate surface area is 207 Å². The van der Waals surface area contributed by atoms with Crippen LogP contribution in [0.3, 0.4) is 0 Å². The highest BCUT2D eigenvalue weighted by molar-refractivity contribution is 5.99. The highest BCUT2D eigenvalue weighted by atomic mass is 16.5. The number of hydrogen-bond acceptors (Lipinski definition) is 10. The number of carbonyl (C=O) groups excluding carboxylic acids is 1. The van der Waals surface area contributed by atoms with Crippen molar-refractivity contribution in [2.24, 2.45) is 0 Å². The molecule has 184 valence electrons. The number of aliphatic hydroxyl groups is 1. The first-order valence-electron chi connectivity index (χ1n) is 11.6. The fraction of sp³-hybridized carbons (Fsp3) is 0.280. The molecule has 1 aliphatic heterocycles. The Balaban J connectivity index is 1.48. The van der Waals surface area contributed by atoms with Crippen LogP contribution in [0, 0.1) is 0 Å². The van der Waals surface area contributed by atoms with E-state index in [1.807, 2.05) is 51.1 Å². The number of nitrogens with one attached hydrogen (secondary N) is 2. The molecule has 0 aliphatic carbocycles. The van der Waals surface area contributed by atoms with Crippen molar-refractivity contribution in [3.05, 3.63) is 71.9 Å². The standard InChI is InChI=1S/C25H26N8O3/c1-4-33-23(35)17-12-27-24(32-21(17)25(33,2)3)31-20-10-18(16(11-26-20)22-28-14-29-36-22)30-19(13-34)15-8-6-5-7-9-15/h5-12,14,19,34H,4,13H2,1-3H3,(H2,26,27,30,31,32)/t19-/m1/s1. The van der Waals surface area contributed by atoms with Crippen LogP contribution >= 0.6 is 0 Å². The molecule has 0 bridgehead atoms. The average Bonchev–Trinajstić information content (AvgIpc) is 3.48. The van der Waals surface area contributed by atoms with Crippen LogP contribution in [0.5, 0.6) is 0 Å². The van der Waals surface area contributed by atoms with Crippen LogP contribution in [0.2, 0.25) is 0 Å². The van der Waals surface area contributed by atoms with E-state index in [-0.39, 0.29) is 24.4 Å². The van der Waals surface area contributed by atoms with Crippen molar-refractivity contribution in [3.63, 3.8) is 0 Å². The second kappa shape index (κ2) is 9.34. The first-order valence-corrected chi connectivity index (χ1v) is 11.6. The van der Waals surface area contributed by atoms with Gasteiger partial charge in [-0.05, 0) is 26.3 Å². The third kappa shape index (κ3) is 4.13. The molecule has 11 heteroatoms. The Morgan fingerprint density at radius 2 is 1.89 bits per heavy atom. The number of aromatic nitrogens is 5. The maximum Gasteiger partial charge on any atom is 0.261 e. The predicted molar refractivity (Wildman–Crippen MR) is 132 cm³/mol. The molecule has 4 aromatic rings. The molecule has 1 atom stereocenters. The molecule has 4 heterocycles. The minimum Gasteiger partial charge on any atom is -0.394 e. The highest BCUT2D eigenvalue weighted by Crippen LogP contribution is 2.37. The van der Waals surface area contributed by atoms with Gasteiger partial charge in [-0.3, -0.25) is 4.79 Å². The van der Waals surface area contributed by atoms with E-state index in [1.54, 1.807) is 23.4 Å². The minimum absolute atomic E-state index is 0.0754. The molecular formula is C25H26N8O3. The number of hydrogen-bond donors (Lipinski definition) is 3. The third-order valence-corrected chi connectivity index (χ3v) is 6.28. The summed E-state index contributed by atoms with van der Waals surface area (Å²) in [5, 5.41) is 20.2. The number of carbonyl (C=O) groups is 1. The van der Waals surface area contributed by atoms with Crippen LogP contribution < -0.4 is 10.6 Å². The Morgan fingerprint density at radius 1 is 1.11 bits per heavy atom. The Kier molecular flexibility index (Phi) is 6.06. The molecule has 5 rings (SSSR count). The largest absolute Gasteiger partial charge is 0.394 e. The zero-order valence-electron chi connectivity index (χ0n) is 20.1. The number of anilines is 3. The van der Waals surface area contributed by atoms with Crippen LogP contribution in [0.25, 0.3) is 11.5 Å². The lowest BCUT2D eigenvalue weighted by Gasteiger charge is -2.30. The lowest BCUT2D eigenvalue weighted by molar-refractivity contribution is 0.0631. The van der Waals surface area contributed by atoms with Gasteiger partial charge in [-0.1, -0.05) is 35.5 Å². The van der Waals surface area contributed by atoms with Gasteiger partial charge in [0.1, 0.15) is 5.82 Å². The van der Waals surface area contributed by atoms with Gasteiger partial charge in [0.15, 0.2) is 6.33 Å². The van der Waals surface area contributed by atoms with E-state index in [1.165, 1.54) is 6.33 Å². The molecule has 0 unspecified atom stereocenters. The first kappa shape index (κ1) is 23.4. The van der Waals surface area contributed by atoms with Gasteiger partial charge in [-0.15, -0.1) is 0 Å². The summed E-state index contributed by atoms with van der Waals surface area (Å²) in [6.45, 7) is 6.32. The summed E-state index contributed by atoms with van der Waals surface area (Å²) in [5.41, 5.74) is 2.73. The van der Waals surface area contributed by atoms with E-state index < -0.39 is 5.54 Å². The monoisotopic (exact) mass is 486 g/mol. The van der Waals surface area contributed by atoms with E-state index in [2.05, 4.69) is 35.7 Å².